The Kier molecular flexibility index (Phi) is 6.98. The number of nitriles is 1. The van der Waals surface area contributed by atoms with Crippen LogP contribution in [0.5, 0.6) is 5.75 Å². The van der Waals surface area contributed by atoms with E-state index in [2.05, 4.69) is 24.6 Å². The van der Waals surface area contributed by atoms with Crippen molar-refractivity contribution in [3.05, 3.63) is 23.5 Å². The molecule has 2 rings (SSSR count). The van der Waals surface area contributed by atoms with E-state index in [1.807, 2.05) is 6.07 Å². The van der Waals surface area contributed by atoms with Crippen molar-refractivity contribution in [3.8, 4) is 11.8 Å². The van der Waals surface area contributed by atoms with Crippen LogP contribution in [0.1, 0.15) is 11.4 Å². The van der Waals surface area contributed by atoms with E-state index in [0.717, 1.165) is 6.04 Å². The van der Waals surface area contributed by atoms with Gasteiger partial charge >= 0.3 is 0 Å². The zero-order valence-corrected chi connectivity index (χ0v) is 16.8. The van der Waals surface area contributed by atoms with Crippen LogP contribution in [0, 0.1) is 11.3 Å². The molecule has 0 aliphatic carbocycles. The smallest absolute Gasteiger partial charge is 0.272 e. The van der Waals surface area contributed by atoms with Crippen molar-refractivity contribution in [2.45, 2.75) is 44.7 Å². The van der Waals surface area contributed by atoms with E-state index in [4.69, 9.17) is 21.1 Å². The molecule has 5 nitrogen and oxygen atoms in total. The Labute approximate surface area is 157 Å². The van der Waals surface area contributed by atoms with E-state index in [-0.39, 0.29) is 23.9 Å². The second kappa shape index (κ2) is 8.80. The topological polar surface area (TPSA) is 60.1 Å². The first-order valence-corrected chi connectivity index (χ1v) is 12.5. The van der Waals surface area contributed by atoms with Gasteiger partial charge in [-0.3, -0.25) is 0 Å². The molecule has 0 aliphatic heterocycles. The lowest BCUT2D eigenvalue weighted by Crippen LogP contribution is -2.22. The minimum Gasteiger partial charge on any atom is -0.486 e. The fourth-order valence-electron chi connectivity index (χ4n) is 2.34. The van der Waals surface area contributed by atoms with Crippen LogP contribution in [0.3, 0.4) is 0 Å². The van der Waals surface area contributed by atoms with Gasteiger partial charge in [0.15, 0.2) is 0 Å². The van der Waals surface area contributed by atoms with Gasteiger partial charge in [0.25, 0.3) is 6.43 Å². The third kappa shape index (κ3) is 5.40. The molecule has 0 amide bonds. The maximum absolute atomic E-state index is 12.5. The molecule has 0 aliphatic rings. The average Bonchev–Trinajstić information content (AvgIpc) is 2.91. The summed E-state index contributed by atoms with van der Waals surface area (Å²) in [7, 11) is -1.20. The molecule has 0 N–H and O–H groups in total. The molecule has 9 heteroatoms. The van der Waals surface area contributed by atoms with Gasteiger partial charge < -0.3 is 14.0 Å². The van der Waals surface area contributed by atoms with Crippen LogP contribution in [-0.4, -0.2) is 37.3 Å². The van der Waals surface area contributed by atoms with Crippen molar-refractivity contribution >= 4 is 30.7 Å². The van der Waals surface area contributed by atoms with Crippen molar-refractivity contribution in [2.75, 3.05) is 13.2 Å². The van der Waals surface area contributed by atoms with Gasteiger partial charge in [0.2, 0.25) is 0 Å². The molecule has 0 bridgehead atoms. The highest BCUT2D eigenvalue weighted by molar-refractivity contribution is 6.76. The minimum absolute atomic E-state index is 0.102. The molecule has 1 aromatic heterocycles. The largest absolute Gasteiger partial charge is 0.486 e. The lowest BCUT2D eigenvalue weighted by atomic mass is 10.2. The average molecular weight is 402 g/mol. The van der Waals surface area contributed by atoms with Gasteiger partial charge in [-0.2, -0.15) is 5.26 Å². The van der Waals surface area contributed by atoms with E-state index in [0.29, 0.717) is 23.5 Å². The Bertz CT molecular complexity index is 800. The van der Waals surface area contributed by atoms with Gasteiger partial charge in [-0.15, -0.1) is 11.6 Å². The fourth-order valence-corrected chi connectivity index (χ4v) is 3.30. The number of rotatable bonds is 9. The summed E-state index contributed by atoms with van der Waals surface area (Å²) >= 11 is 5.98. The Balaban J connectivity index is 2.29. The molecular formula is C17H22ClF2N3O2Si. The van der Waals surface area contributed by atoms with Crippen LogP contribution >= 0.6 is 11.6 Å². The summed E-state index contributed by atoms with van der Waals surface area (Å²) in [5.74, 6) is 0.857. The third-order valence-electron chi connectivity index (χ3n) is 3.75. The van der Waals surface area contributed by atoms with E-state index in [1.54, 1.807) is 10.6 Å². The van der Waals surface area contributed by atoms with Crippen molar-refractivity contribution in [3.63, 3.8) is 0 Å². The summed E-state index contributed by atoms with van der Waals surface area (Å²) in [6, 6.07) is 6.03. The summed E-state index contributed by atoms with van der Waals surface area (Å²) in [5.41, 5.74) is 1.34. The quantitative estimate of drug-likeness (QED) is 0.350. The summed E-state index contributed by atoms with van der Waals surface area (Å²) < 4.78 is 37.5. The molecule has 0 fully saturated rings. The number of ether oxygens (including phenoxy) is 2. The lowest BCUT2D eigenvalue weighted by Gasteiger charge is -2.16. The molecule has 0 spiro atoms. The van der Waals surface area contributed by atoms with Crippen LogP contribution in [0.4, 0.5) is 8.78 Å². The predicted octanol–water partition coefficient (Wildman–Crippen LogP) is 4.60. The van der Waals surface area contributed by atoms with Gasteiger partial charge in [-0.1, -0.05) is 19.6 Å². The Morgan fingerprint density at radius 1 is 1.35 bits per heavy atom. The Hall–Kier alpha value is -1.69. The molecule has 2 aromatic rings. The van der Waals surface area contributed by atoms with E-state index < -0.39 is 21.1 Å². The van der Waals surface area contributed by atoms with E-state index in [1.165, 1.54) is 6.07 Å². The van der Waals surface area contributed by atoms with Gasteiger partial charge in [0.05, 0.1) is 22.5 Å². The van der Waals surface area contributed by atoms with E-state index >= 15 is 0 Å². The minimum atomic E-state index is -2.62. The normalized spacial score (nSPS) is 11.9. The SMILES string of the molecule is C[Si](C)(C)CCOCn1c(CCl)nc2cc(C#N)c(OCC(F)F)cc21. The molecule has 1 heterocycles. The summed E-state index contributed by atoms with van der Waals surface area (Å²) in [4.78, 5) is 4.41. The highest BCUT2D eigenvalue weighted by Crippen LogP contribution is 2.27. The van der Waals surface area contributed by atoms with Gasteiger partial charge in [0.1, 0.15) is 31.0 Å². The second-order valence-corrected chi connectivity index (χ2v) is 13.0. The standard InChI is InChI=1S/C17H22ClF2N3O2Si/c1-26(2,3)5-4-24-11-23-14-7-15(25-10-16(19)20)12(9-21)6-13(14)22-17(23)8-18/h6-7,16H,4-5,8,10-11H2,1-3H3. The van der Waals surface area contributed by atoms with Crippen LogP contribution in [0.25, 0.3) is 11.0 Å². The number of alkyl halides is 3. The monoisotopic (exact) mass is 401 g/mol. The van der Waals surface area contributed by atoms with Gasteiger partial charge in [-0.05, 0) is 12.1 Å². The molecule has 0 saturated heterocycles. The number of aromatic nitrogens is 2. The first-order valence-electron chi connectivity index (χ1n) is 8.23. The molecule has 142 valence electrons. The molecule has 0 saturated carbocycles. The lowest BCUT2D eigenvalue weighted by molar-refractivity contribution is 0.0815. The molecule has 0 atom stereocenters. The Morgan fingerprint density at radius 2 is 2.08 bits per heavy atom. The van der Waals surface area contributed by atoms with Gasteiger partial charge in [-0.25, -0.2) is 13.8 Å². The fraction of sp³-hybridized carbons (Fsp3) is 0.529. The van der Waals surface area contributed by atoms with Crippen LogP contribution in [-0.2, 0) is 17.3 Å². The number of nitrogens with zero attached hydrogens (tertiary/aromatic N) is 3. The zero-order chi connectivity index (χ0) is 19.3. The molecular weight excluding hydrogens is 380 g/mol. The van der Waals surface area contributed by atoms with Crippen LogP contribution < -0.4 is 4.74 Å². The Morgan fingerprint density at radius 3 is 2.65 bits per heavy atom. The predicted molar refractivity (Wildman–Crippen MR) is 99.6 cm³/mol. The maximum Gasteiger partial charge on any atom is 0.272 e. The number of benzene rings is 1. The van der Waals surface area contributed by atoms with Crippen molar-refractivity contribution in [1.82, 2.24) is 9.55 Å². The summed E-state index contributed by atoms with van der Waals surface area (Å²) in [6.45, 7) is 6.91. The molecule has 26 heavy (non-hydrogen) atoms. The number of halogens is 3. The van der Waals surface area contributed by atoms with E-state index in [9.17, 15) is 14.0 Å². The molecule has 0 radical (unpaired) electrons. The summed E-state index contributed by atoms with van der Waals surface area (Å²) in [6.07, 6.45) is -2.62. The number of hydrogen-bond donors (Lipinski definition) is 0. The van der Waals surface area contributed by atoms with Crippen LogP contribution in [0.2, 0.25) is 25.7 Å². The zero-order valence-electron chi connectivity index (χ0n) is 15.1. The number of fused-ring (bicyclic) bond motifs is 1. The first-order chi connectivity index (χ1) is 12.2. The summed E-state index contributed by atoms with van der Waals surface area (Å²) in [5, 5.41) is 9.23. The third-order valence-corrected chi connectivity index (χ3v) is 5.69. The van der Waals surface area contributed by atoms with Crippen molar-refractivity contribution < 1.29 is 18.3 Å². The molecule has 1 aromatic carbocycles. The van der Waals surface area contributed by atoms with Gasteiger partial charge in [0, 0.05) is 20.7 Å². The number of imidazole rings is 1. The highest BCUT2D eigenvalue weighted by atomic mass is 35.5. The molecule has 0 unspecified atom stereocenters. The van der Waals surface area contributed by atoms with Crippen molar-refractivity contribution in [2.24, 2.45) is 0 Å². The number of hydrogen-bond acceptors (Lipinski definition) is 4. The van der Waals surface area contributed by atoms with Crippen LogP contribution in [0.15, 0.2) is 12.1 Å². The van der Waals surface area contributed by atoms with Crippen molar-refractivity contribution in [1.29, 1.82) is 5.26 Å². The highest BCUT2D eigenvalue weighted by Gasteiger charge is 2.17. The second-order valence-electron chi connectivity index (χ2n) is 7.09. The first kappa shape index (κ1) is 20.6. The maximum atomic E-state index is 12.5.